The average Bonchev–Trinajstić information content (AvgIpc) is 3.00. The quantitative estimate of drug-likeness (QED) is 0.774. The van der Waals surface area contributed by atoms with Crippen molar-refractivity contribution in [1.29, 1.82) is 0 Å². The minimum Gasteiger partial charge on any atom is -0.337 e. The molecule has 6 heteroatoms. The highest BCUT2D eigenvalue weighted by atomic mass is 16.2. The van der Waals surface area contributed by atoms with E-state index in [4.69, 9.17) is 0 Å². The van der Waals surface area contributed by atoms with E-state index in [0.717, 1.165) is 25.0 Å². The molecule has 1 saturated heterocycles. The molecule has 6 nitrogen and oxygen atoms in total. The number of pyridine rings is 1. The Labute approximate surface area is 154 Å². The summed E-state index contributed by atoms with van der Waals surface area (Å²) in [6.45, 7) is 5.39. The Morgan fingerprint density at radius 3 is 2.81 bits per heavy atom. The number of aryl methyl sites for hydroxylation is 1. The van der Waals surface area contributed by atoms with Crippen molar-refractivity contribution >= 4 is 11.7 Å². The maximum Gasteiger partial charge on any atom is 0.272 e. The van der Waals surface area contributed by atoms with Gasteiger partial charge in [0, 0.05) is 32.3 Å². The average molecular weight is 354 g/mol. The number of amides is 1. The van der Waals surface area contributed by atoms with Crippen LogP contribution in [0.15, 0.2) is 30.5 Å². The van der Waals surface area contributed by atoms with Crippen molar-refractivity contribution in [1.82, 2.24) is 19.7 Å². The van der Waals surface area contributed by atoms with Gasteiger partial charge in [0.2, 0.25) is 0 Å². The number of hydrogen-bond acceptors (Lipinski definition) is 4. The van der Waals surface area contributed by atoms with Crippen molar-refractivity contribution in [2.45, 2.75) is 33.1 Å². The molecule has 3 heterocycles. The Balaban J connectivity index is 1.72. The second-order valence-corrected chi connectivity index (χ2v) is 7.41. The number of nitrogens with zero attached hydrogens (tertiary/aromatic N) is 4. The zero-order valence-electron chi connectivity index (χ0n) is 15.7. The SMILES string of the molecule is CC(C)Cc1cc(C(=O)N2CCC[C@@H](C(=O)c3ccccn3)C2)n(C)n1. The Morgan fingerprint density at radius 1 is 1.31 bits per heavy atom. The van der Waals surface area contributed by atoms with Gasteiger partial charge in [-0.1, -0.05) is 19.9 Å². The Hall–Kier alpha value is -2.50. The van der Waals surface area contributed by atoms with Gasteiger partial charge in [0.05, 0.1) is 5.69 Å². The Kier molecular flexibility index (Phi) is 5.49. The molecule has 1 aliphatic heterocycles. The van der Waals surface area contributed by atoms with Crippen LogP contribution >= 0.6 is 0 Å². The molecule has 0 aliphatic carbocycles. The van der Waals surface area contributed by atoms with Gasteiger partial charge < -0.3 is 4.90 Å². The lowest BCUT2D eigenvalue weighted by Gasteiger charge is -2.31. The van der Waals surface area contributed by atoms with Gasteiger partial charge in [-0.2, -0.15) is 5.10 Å². The highest BCUT2D eigenvalue weighted by Gasteiger charge is 2.31. The fourth-order valence-electron chi connectivity index (χ4n) is 3.50. The largest absolute Gasteiger partial charge is 0.337 e. The van der Waals surface area contributed by atoms with Gasteiger partial charge >= 0.3 is 0 Å². The number of carbonyl (C=O) groups excluding carboxylic acids is 2. The maximum absolute atomic E-state index is 13.0. The molecule has 1 atom stereocenters. The van der Waals surface area contributed by atoms with E-state index >= 15 is 0 Å². The molecule has 1 amide bonds. The zero-order chi connectivity index (χ0) is 18.7. The molecular formula is C20H26N4O2. The van der Waals surface area contributed by atoms with Gasteiger partial charge in [0.25, 0.3) is 5.91 Å². The summed E-state index contributed by atoms with van der Waals surface area (Å²) in [6, 6.07) is 7.23. The molecule has 26 heavy (non-hydrogen) atoms. The van der Waals surface area contributed by atoms with E-state index < -0.39 is 0 Å². The lowest BCUT2D eigenvalue weighted by molar-refractivity contribution is 0.0626. The number of hydrogen-bond donors (Lipinski definition) is 0. The van der Waals surface area contributed by atoms with Crippen molar-refractivity contribution in [3.05, 3.63) is 47.5 Å². The van der Waals surface area contributed by atoms with Crippen LogP contribution in [0.1, 0.15) is 53.4 Å². The molecule has 0 N–H and O–H groups in total. The first-order valence-electron chi connectivity index (χ1n) is 9.23. The van der Waals surface area contributed by atoms with Gasteiger partial charge in [0.1, 0.15) is 11.4 Å². The van der Waals surface area contributed by atoms with Crippen LogP contribution in [0.5, 0.6) is 0 Å². The topological polar surface area (TPSA) is 68.1 Å². The van der Waals surface area contributed by atoms with Crippen LogP contribution < -0.4 is 0 Å². The molecule has 138 valence electrons. The van der Waals surface area contributed by atoms with E-state index in [1.807, 2.05) is 12.1 Å². The van der Waals surface area contributed by atoms with Crippen LogP contribution in [0.2, 0.25) is 0 Å². The Morgan fingerprint density at radius 2 is 2.12 bits per heavy atom. The predicted molar refractivity (Wildman–Crippen MR) is 98.9 cm³/mol. The second kappa shape index (κ2) is 7.81. The van der Waals surface area contributed by atoms with Gasteiger partial charge in [-0.05, 0) is 43.4 Å². The van der Waals surface area contributed by atoms with Crippen molar-refractivity contribution in [3.8, 4) is 0 Å². The highest BCUT2D eigenvalue weighted by molar-refractivity contribution is 5.97. The normalized spacial score (nSPS) is 17.5. The number of piperidine rings is 1. The van der Waals surface area contributed by atoms with Crippen molar-refractivity contribution < 1.29 is 9.59 Å². The van der Waals surface area contributed by atoms with Crippen molar-refractivity contribution in [2.24, 2.45) is 18.9 Å². The third-order valence-electron chi connectivity index (χ3n) is 4.76. The predicted octanol–water partition coefficient (Wildman–Crippen LogP) is 2.75. The monoisotopic (exact) mass is 354 g/mol. The van der Waals surface area contributed by atoms with Gasteiger partial charge in [-0.3, -0.25) is 19.3 Å². The van der Waals surface area contributed by atoms with Crippen molar-refractivity contribution in [2.75, 3.05) is 13.1 Å². The fraction of sp³-hybridized carbons (Fsp3) is 0.500. The molecule has 0 spiro atoms. The van der Waals surface area contributed by atoms with Gasteiger partial charge in [0.15, 0.2) is 5.78 Å². The maximum atomic E-state index is 13.0. The number of rotatable bonds is 5. The molecular weight excluding hydrogens is 328 g/mol. The van der Waals surface area contributed by atoms with Gasteiger partial charge in [-0.15, -0.1) is 0 Å². The first kappa shape index (κ1) is 18.3. The second-order valence-electron chi connectivity index (χ2n) is 7.41. The van der Waals surface area contributed by atoms with Crippen LogP contribution in [0.25, 0.3) is 0 Å². The van der Waals surface area contributed by atoms with Crippen LogP contribution in [0.4, 0.5) is 0 Å². The first-order chi connectivity index (χ1) is 12.5. The standard InChI is InChI=1S/C20H26N4O2/c1-14(2)11-16-12-18(23(3)22-16)20(26)24-10-6-7-15(13-24)19(25)17-8-4-5-9-21-17/h4-5,8-9,12,14-15H,6-7,10-11,13H2,1-3H3/t15-/m1/s1. The van der Waals surface area contributed by atoms with E-state index in [2.05, 4.69) is 23.9 Å². The molecule has 1 aliphatic rings. The lowest BCUT2D eigenvalue weighted by atomic mass is 9.91. The summed E-state index contributed by atoms with van der Waals surface area (Å²) >= 11 is 0. The summed E-state index contributed by atoms with van der Waals surface area (Å²) < 4.78 is 1.66. The van der Waals surface area contributed by atoms with E-state index in [-0.39, 0.29) is 17.6 Å². The number of Topliss-reactive ketones (excluding diaryl/α,β-unsaturated/α-hetero) is 1. The summed E-state index contributed by atoms with van der Waals surface area (Å²) in [5.41, 5.74) is 2.00. The molecule has 3 rings (SSSR count). The van der Waals surface area contributed by atoms with E-state index in [0.29, 0.717) is 30.4 Å². The summed E-state index contributed by atoms with van der Waals surface area (Å²) in [5.74, 6) is 0.274. The van der Waals surface area contributed by atoms with Gasteiger partial charge in [-0.25, -0.2) is 0 Å². The number of aromatic nitrogens is 3. The van der Waals surface area contributed by atoms with E-state index in [1.54, 1.807) is 35.0 Å². The van der Waals surface area contributed by atoms with E-state index in [9.17, 15) is 9.59 Å². The molecule has 0 radical (unpaired) electrons. The molecule has 0 unspecified atom stereocenters. The summed E-state index contributed by atoms with van der Waals surface area (Å²) in [4.78, 5) is 31.6. The smallest absolute Gasteiger partial charge is 0.272 e. The number of carbonyl (C=O) groups is 2. The Bertz CT molecular complexity index is 782. The highest BCUT2D eigenvalue weighted by Crippen LogP contribution is 2.22. The summed E-state index contributed by atoms with van der Waals surface area (Å²) in [7, 11) is 1.80. The molecule has 2 aromatic rings. The lowest BCUT2D eigenvalue weighted by Crippen LogP contribution is -2.43. The van der Waals surface area contributed by atoms with E-state index in [1.165, 1.54) is 0 Å². The van der Waals surface area contributed by atoms with Crippen LogP contribution in [-0.4, -0.2) is 44.4 Å². The van der Waals surface area contributed by atoms with Crippen LogP contribution in [-0.2, 0) is 13.5 Å². The number of ketones is 1. The minimum absolute atomic E-state index is 0.0219. The third kappa shape index (κ3) is 4.00. The third-order valence-corrected chi connectivity index (χ3v) is 4.76. The van der Waals surface area contributed by atoms with Crippen molar-refractivity contribution in [3.63, 3.8) is 0 Å². The summed E-state index contributed by atoms with van der Waals surface area (Å²) in [5, 5.41) is 4.46. The van der Waals surface area contributed by atoms with Crippen LogP contribution in [0.3, 0.4) is 0 Å². The first-order valence-corrected chi connectivity index (χ1v) is 9.23. The molecule has 0 aromatic carbocycles. The fourth-order valence-corrected chi connectivity index (χ4v) is 3.50. The van der Waals surface area contributed by atoms with Crippen LogP contribution in [0, 0.1) is 11.8 Å². The molecule has 0 bridgehead atoms. The minimum atomic E-state index is -0.189. The molecule has 0 saturated carbocycles. The summed E-state index contributed by atoms with van der Waals surface area (Å²) in [6.07, 6.45) is 4.10. The number of likely N-dealkylation sites (tertiary alicyclic amines) is 1. The zero-order valence-corrected chi connectivity index (χ0v) is 15.7. The molecule has 2 aromatic heterocycles. The molecule has 1 fully saturated rings.